The first-order valence-corrected chi connectivity index (χ1v) is 9.94. The van der Waals surface area contributed by atoms with Gasteiger partial charge in [0.15, 0.2) is 5.65 Å². The number of nitrogens with zero attached hydrogens (tertiary/aromatic N) is 5. The molecule has 30 heavy (non-hydrogen) atoms. The Labute approximate surface area is 172 Å². The second kappa shape index (κ2) is 7.55. The molecule has 0 spiro atoms. The third kappa shape index (κ3) is 3.47. The van der Waals surface area contributed by atoms with Crippen molar-refractivity contribution in [3.05, 3.63) is 71.9 Å². The molecule has 2 aromatic heterocycles. The van der Waals surface area contributed by atoms with Crippen molar-refractivity contribution in [3.63, 3.8) is 0 Å². The molecule has 1 aliphatic heterocycles. The summed E-state index contributed by atoms with van der Waals surface area (Å²) in [6, 6.07) is 17.0. The van der Waals surface area contributed by atoms with Gasteiger partial charge in [0.2, 0.25) is 0 Å². The van der Waals surface area contributed by atoms with Crippen molar-refractivity contribution in [1.29, 1.82) is 0 Å². The number of pyridine rings is 1. The second-order valence-corrected chi connectivity index (χ2v) is 7.53. The van der Waals surface area contributed by atoms with Crippen LogP contribution in [-0.2, 0) is 0 Å². The van der Waals surface area contributed by atoms with Gasteiger partial charge in [-0.2, -0.15) is 4.52 Å². The highest BCUT2D eigenvalue weighted by Crippen LogP contribution is 2.18. The lowest BCUT2D eigenvalue weighted by atomic mass is 10.0. The van der Waals surface area contributed by atoms with Crippen LogP contribution in [-0.4, -0.2) is 55.9 Å². The molecule has 1 atom stereocenters. The SMILES string of the molecule is O=C(NC1CCCN(C(=O)c2ccc3nnnn3c2)C1)c1ccc2ccccc2c1. The number of tetrazole rings is 1. The Kier molecular flexibility index (Phi) is 4.59. The smallest absolute Gasteiger partial charge is 0.255 e. The molecule has 0 aliphatic carbocycles. The zero-order valence-electron chi connectivity index (χ0n) is 16.2. The van der Waals surface area contributed by atoms with E-state index in [-0.39, 0.29) is 17.9 Å². The molecule has 8 heteroatoms. The van der Waals surface area contributed by atoms with E-state index in [1.54, 1.807) is 23.2 Å². The fraction of sp³-hybridized carbons (Fsp3) is 0.227. The maximum atomic E-state index is 12.9. The van der Waals surface area contributed by atoms with Crippen LogP contribution in [0.4, 0.5) is 0 Å². The van der Waals surface area contributed by atoms with Gasteiger partial charge < -0.3 is 10.2 Å². The number of amides is 2. The van der Waals surface area contributed by atoms with Crippen molar-refractivity contribution in [2.75, 3.05) is 13.1 Å². The zero-order valence-corrected chi connectivity index (χ0v) is 16.2. The predicted molar refractivity (Wildman–Crippen MR) is 111 cm³/mol. The lowest BCUT2D eigenvalue weighted by molar-refractivity contribution is 0.0675. The highest BCUT2D eigenvalue weighted by Gasteiger charge is 2.26. The van der Waals surface area contributed by atoms with Gasteiger partial charge in [-0.05, 0) is 58.3 Å². The molecule has 1 fully saturated rings. The molecular weight excluding hydrogens is 380 g/mol. The van der Waals surface area contributed by atoms with Crippen molar-refractivity contribution in [2.24, 2.45) is 0 Å². The number of fused-ring (bicyclic) bond motifs is 2. The average Bonchev–Trinajstić information content (AvgIpc) is 3.26. The van der Waals surface area contributed by atoms with Crippen LogP contribution in [0.5, 0.6) is 0 Å². The van der Waals surface area contributed by atoms with Gasteiger partial charge in [-0.25, -0.2) is 0 Å². The van der Waals surface area contributed by atoms with Crippen LogP contribution in [0, 0.1) is 0 Å². The van der Waals surface area contributed by atoms with Crippen LogP contribution in [0.25, 0.3) is 16.4 Å². The Balaban J connectivity index is 1.28. The number of piperidine rings is 1. The van der Waals surface area contributed by atoms with E-state index in [4.69, 9.17) is 0 Å². The van der Waals surface area contributed by atoms with Crippen molar-refractivity contribution < 1.29 is 9.59 Å². The Bertz CT molecular complexity index is 1250. The summed E-state index contributed by atoms with van der Waals surface area (Å²) in [4.78, 5) is 27.5. The first-order chi connectivity index (χ1) is 14.7. The molecule has 0 bridgehead atoms. The largest absolute Gasteiger partial charge is 0.348 e. The third-order valence-corrected chi connectivity index (χ3v) is 5.49. The standard InChI is InChI=1S/C22H20N6O2/c29-21(17-8-7-15-4-1-2-5-16(15)12-17)23-19-6-3-11-27(14-19)22(30)18-9-10-20-24-25-26-28(20)13-18/h1-2,4-5,7-10,12-13,19H,3,6,11,14H2,(H,23,29). The van der Waals surface area contributed by atoms with Gasteiger partial charge in [-0.1, -0.05) is 30.3 Å². The molecule has 1 saturated heterocycles. The Hall–Kier alpha value is -3.81. The Morgan fingerprint density at radius 3 is 2.73 bits per heavy atom. The minimum atomic E-state index is -0.116. The number of carbonyl (C=O) groups is 2. The summed E-state index contributed by atoms with van der Waals surface area (Å²) in [7, 11) is 0. The number of benzene rings is 2. The summed E-state index contributed by atoms with van der Waals surface area (Å²) in [5, 5.41) is 16.5. The van der Waals surface area contributed by atoms with E-state index in [1.165, 1.54) is 4.52 Å². The maximum absolute atomic E-state index is 12.9. The number of likely N-dealkylation sites (tertiary alicyclic amines) is 1. The molecule has 2 aromatic carbocycles. The monoisotopic (exact) mass is 400 g/mol. The van der Waals surface area contributed by atoms with Crippen molar-refractivity contribution in [2.45, 2.75) is 18.9 Å². The maximum Gasteiger partial charge on any atom is 0.255 e. The van der Waals surface area contributed by atoms with Gasteiger partial charge in [-0.3, -0.25) is 9.59 Å². The van der Waals surface area contributed by atoms with Gasteiger partial charge in [0, 0.05) is 30.9 Å². The van der Waals surface area contributed by atoms with E-state index in [2.05, 4.69) is 20.8 Å². The summed E-state index contributed by atoms with van der Waals surface area (Å²) in [6.45, 7) is 1.14. The minimum Gasteiger partial charge on any atom is -0.348 e. The molecule has 5 rings (SSSR count). The average molecular weight is 400 g/mol. The number of nitrogens with one attached hydrogen (secondary N) is 1. The van der Waals surface area contributed by atoms with Gasteiger partial charge in [-0.15, -0.1) is 5.10 Å². The lowest BCUT2D eigenvalue weighted by Crippen LogP contribution is -2.49. The van der Waals surface area contributed by atoms with Crippen LogP contribution in [0.1, 0.15) is 33.6 Å². The molecular formula is C22H20N6O2. The minimum absolute atomic E-state index is 0.0848. The summed E-state index contributed by atoms with van der Waals surface area (Å²) < 4.78 is 1.48. The molecule has 1 N–H and O–H groups in total. The molecule has 0 saturated carbocycles. The lowest BCUT2D eigenvalue weighted by Gasteiger charge is -2.33. The summed E-state index contributed by atoms with van der Waals surface area (Å²) in [5.74, 6) is -0.202. The van der Waals surface area contributed by atoms with E-state index in [0.29, 0.717) is 29.9 Å². The van der Waals surface area contributed by atoms with E-state index in [1.807, 2.05) is 42.5 Å². The topological polar surface area (TPSA) is 92.5 Å². The van der Waals surface area contributed by atoms with Crippen molar-refractivity contribution >= 4 is 28.2 Å². The van der Waals surface area contributed by atoms with Crippen molar-refractivity contribution in [3.8, 4) is 0 Å². The third-order valence-electron chi connectivity index (χ3n) is 5.49. The number of hydrogen-bond donors (Lipinski definition) is 1. The highest BCUT2D eigenvalue weighted by molar-refractivity contribution is 5.99. The molecule has 1 unspecified atom stereocenters. The summed E-state index contributed by atoms with van der Waals surface area (Å²) in [6.07, 6.45) is 3.31. The fourth-order valence-electron chi connectivity index (χ4n) is 3.93. The molecule has 1 aliphatic rings. The first kappa shape index (κ1) is 18.2. The van der Waals surface area contributed by atoms with Crippen LogP contribution in [0.2, 0.25) is 0 Å². The van der Waals surface area contributed by atoms with Gasteiger partial charge >= 0.3 is 0 Å². The fourth-order valence-corrected chi connectivity index (χ4v) is 3.93. The van der Waals surface area contributed by atoms with E-state index >= 15 is 0 Å². The molecule has 2 amide bonds. The normalized spacial score (nSPS) is 16.7. The summed E-state index contributed by atoms with van der Waals surface area (Å²) in [5.41, 5.74) is 1.74. The molecule has 150 valence electrons. The van der Waals surface area contributed by atoms with Gasteiger partial charge in [0.1, 0.15) is 0 Å². The number of aromatic nitrogens is 4. The zero-order chi connectivity index (χ0) is 20.5. The van der Waals surface area contributed by atoms with Gasteiger partial charge in [0.05, 0.1) is 5.56 Å². The van der Waals surface area contributed by atoms with E-state index < -0.39 is 0 Å². The molecule has 4 aromatic rings. The quantitative estimate of drug-likeness (QED) is 0.570. The predicted octanol–water partition coefficient (Wildman–Crippen LogP) is 2.31. The van der Waals surface area contributed by atoms with Gasteiger partial charge in [0.25, 0.3) is 11.8 Å². The van der Waals surface area contributed by atoms with E-state index in [9.17, 15) is 9.59 Å². The Morgan fingerprint density at radius 1 is 1.00 bits per heavy atom. The first-order valence-electron chi connectivity index (χ1n) is 9.94. The molecule has 8 nitrogen and oxygen atoms in total. The molecule has 0 radical (unpaired) electrons. The van der Waals surface area contributed by atoms with Crippen LogP contribution in [0.15, 0.2) is 60.8 Å². The summed E-state index contributed by atoms with van der Waals surface area (Å²) >= 11 is 0. The number of rotatable bonds is 3. The Morgan fingerprint density at radius 2 is 1.83 bits per heavy atom. The van der Waals surface area contributed by atoms with Crippen molar-refractivity contribution in [1.82, 2.24) is 30.3 Å². The van der Waals surface area contributed by atoms with E-state index in [0.717, 1.165) is 23.6 Å². The number of carbonyl (C=O) groups excluding carboxylic acids is 2. The van der Waals surface area contributed by atoms with Crippen LogP contribution < -0.4 is 5.32 Å². The molecule has 3 heterocycles. The van der Waals surface area contributed by atoms with Crippen LogP contribution >= 0.6 is 0 Å². The number of hydrogen-bond acceptors (Lipinski definition) is 5. The van der Waals surface area contributed by atoms with Crippen LogP contribution in [0.3, 0.4) is 0 Å². The highest BCUT2D eigenvalue weighted by atomic mass is 16.2. The second-order valence-electron chi connectivity index (χ2n) is 7.53.